The van der Waals surface area contributed by atoms with Gasteiger partial charge in [0.15, 0.2) is 0 Å². The van der Waals surface area contributed by atoms with E-state index in [1.165, 1.54) is 6.21 Å². The van der Waals surface area contributed by atoms with Gasteiger partial charge in [0.25, 0.3) is 11.5 Å². The second kappa shape index (κ2) is 9.93. The number of hydrazone groups is 1. The van der Waals surface area contributed by atoms with Crippen LogP contribution in [0.4, 0.5) is 0 Å². The minimum atomic E-state index is -0.338. The summed E-state index contributed by atoms with van der Waals surface area (Å²) in [5.74, 6) is 0.972. The Balaban J connectivity index is 1.67. The number of carbonyl (C=O) groups excluding carboxylic acids is 1. The highest BCUT2D eigenvalue weighted by Crippen LogP contribution is 2.13. The zero-order chi connectivity index (χ0) is 22.4. The van der Waals surface area contributed by atoms with Crippen LogP contribution >= 0.6 is 0 Å². The van der Waals surface area contributed by atoms with E-state index in [1.807, 2.05) is 30.3 Å². The summed E-state index contributed by atoms with van der Waals surface area (Å²) in [5.41, 5.74) is 4.78. The number of nitrogens with one attached hydrogen (secondary N) is 1. The molecule has 1 N–H and O–H groups in total. The Morgan fingerprint density at radius 1 is 1.13 bits per heavy atom. The Hall–Kier alpha value is -3.61. The molecule has 7 nitrogen and oxygen atoms in total. The molecule has 0 radical (unpaired) electrons. The SMILES string of the molecule is Cc1c(/C=N\NC(=O)c2ccc(OCCC(C)C)cc2)n(C)n(-c2ccccc2)c1=O. The lowest BCUT2D eigenvalue weighted by Crippen LogP contribution is -2.20. The summed E-state index contributed by atoms with van der Waals surface area (Å²) in [6, 6.07) is 16.3. The molecule has 0 aliphatic heterocycles. The lowest BCUT2D eigenvalue weighted by Gasteiger charge is -2.08. The molecule has 0 fully saturated rings. The molecule has 2 aromatic carbocycles. The van der Waals surface area contributed by atoms with Crippen LogP contribution in [-0.2, 0) is 7.05 Å². The number of hydrogen-bond acceptors (Lipinski definition) is 4. The second-order valence-electron chi connectivity index (χ2n) is 7.74. The number of benzene rings is 2. The molecule has 162 valence electrons. The fourth-order valence-electron chi connectivity index (χ4n) is 3.13. The zero-order valence-electron chi connectivity index (χ0n) is 18.3. The van der Waals surface area contributed by atoms with E-state index in [4.69, 9.17) is 4.74 Å². The van der Waals surface area contributed by atoms with Crippen molar-refractivity contribution in [3.05, 3.63) is 81.8 Å². The first-order valence-electron chi connectivity index (χ1n) is 10.3. The van der Waals surface area contributed by atoms with Crippen molar-refractivity contribution in [2.75, 3.05) is 6.61 Å². The first-order valence-corrected chi connectivity index (χ1v) is 10.3. The summed E-state index contributed by atoms with van der Waals surface area (Å²) in [5, 5.41) is 4.05. The van der Waals surface area contributed by atoms with Gasteiger partial charge in [0, 0.05) is 18.2 Å². The molecule has 0 unspecified atom stereocenters. The van der Waals surface area contributed by atoms with Crippen LogP contribution in [0, 0.1) is 12.8 Å². The molecule has 7 heteroatoms. The Kier molecular flexibility index (Phi) is 7.07. The quantitative estimate of drug-likeness (QED) is 0.446. The molecule has 3 rings (SSSR count). The molecule has 0 saturated heterocycles. The number of amides is 1. The number of nitrogens with zero attached hydrogens (tertiary/aromatic N) is 3. The molecule has 1 aromatic heterocycles. The van der Waals surface area contributed by atoms with Crippen molar-refractivity contribution in [1.29, 1.82) is 0 Å². The van der Waals surface area contributed by atoms with Gasteiger partial charge in [-0.25, -0.2) is 10.1 Å². The molecule has 0 aliphatic rings. The molecule has 3 aromatic rings. The molecule has 0 atom stereocenters. The van der Waals surface area contributed by atoms with Gasteiger partial charge in [-0.1, -0.05) is 32.0 Å². The summed E-state index contributed by atoms with van der Waals surface area (Å²) < 4.78 is 8.95. The number of aromatic nitrogens is 2. The number of para-hydroxylation sites is 1. The van der Waals surface area contributed by atoms with Crippen LogP contribution in [0.2, 0.25) is 0 Å². The summed E-state index contributed by atoms with van der Waals surface area (Å²) >= 11 is 0. The predicted octanol–water partition coefficient (Wildman–Crippen LogP) is 3.67. The predicted molar refractivity (Wildman–Crippen MR) is 122 cm³/mol. The van der Waals surface area contributed by atoms with Gasteiger partial charge < -0.3 is 4.74 Å². The minimum absolute atomic E-state index is 0.130. The van der Waals surface area contributed by atoms with E-state index in [-0.39, 0.29) is 11.5 Å². The average Bonchev–Trinajstić information content (AvgIpc) is 2.97. The first kappa shape index (κ1) is 22.1. The van der Waals surface area contributed by atoms with Gasteiger partial charge >= 0.3 is 0 Å². The van der Waals surface area contributed by atoms with Crippen LogP contribution in [-0.4, -0.2) is 28.1 Å². The van der Waals surface area contributed by atoms with E-state index in [9.17, 15) is 9.59 Å². The topological polar surface area (TPSA) is 77.6 Å². The first-order chi connectivity index (χ1) is 14.9. The third-order valence-corrected chi connectivity index (χ3v) is 4.98. The largest absolute Gasteiger partial charge is 0.494 e. The van der Waals surface area contributed by atoms with Gasteiger partial charge in [0.1, 0.15) is 5.75 Å². The summed E-state index contributed by atoms with van der Waals surface area (Å²) in [7, 11) is 1.78. The van der Waals surface area contributed by atoms with Gasteiger partial charge in [-0.05, 0) is 55.7 Å². The van der Waals surface area contributed by atoms with Crippen molar-refractivity contribution in [2.45, 2.75) is 27.2 Å². The van der Waals surface area contributed by atoms with Crippen LogP contribution in [0.15, 0.2) is 64.5 Å². The van der Waals surface area contributed by atoms with Crippen LogP contribution < -0.4 is 15.7 Å². The molecular formula is C24H28N4O3. The van der Waals surface area contributed by atoms with Crippen molar-refractivity contribution < 1.29 is 9.53 Å². The third-order valence-electron chi connectivity index (χ3n) is 4.98. The van der Waals surface area contributed by atoms with Gasteiger partial charge in [-0.15, -0.1) is 0 Å². The lowest BCUT2D eigenvalue weighted by atomic mass is 10.1. The number of hydrogen-bond donors (Lipinski definition) is 1. The van der Waals surface area contributed by atoms with E-state index in [1.54, 1.807) is 47.6 Å². The third kappa shape index (κ3) is 5.31. The van der Waals surface area contributed by atoms with E-state index >= 15 is 0 Å². The van der Waals surface area contributed by atoms with Crippen molar-refractivity contribution in [1.82, 2.24) is 14.8 Å². The second-order valence-corrected chi connectivity index (χ2v) is 7.74. The highest BCUT2D eigenvalue weighted by molar-refractivity contribution is 5.95. The fraction of sp³-hybridized carbons (Fsp3) is 0.292. The molecule has 1 amide bonds. The Labute approximate surface area is 181 Å². The molecule has 0 bridgehead atoms. The van der Waals surface area contributed by atoms with Crippen LogP contribution in [0.25, 0.3) is 5.69 Å². The Morgan fingerprint density at radius 2 is 1.81 bits per heavy atom. The molecule has 31 heavy (non-hydrogen) atoms. The highest BCUT2D eigenvalue weighted by atomic mass is 16.5. The maximum atomic E-state index is 12.7. The smallest absolute Gasteiger partial charge is 0.274 e. The van der Waals surface area contributed by atoms with Gasteiger partial charge in [0.05, 0.1) is 24.2 Å². The van der Waals surface area contributed by atoms with Crippen LogP contribution in [0.1, 0.15) is 41.9 Å². The molecule has 0 saturated carbocycles. The van der Waals surface area contributed by atoms with Crippen molar-refractivity contribution in [3.8, 4) is 11.4 Å². The normalized spacial score (nSPS) is 11.3. The number of rotatable bonds is 8. The van der Waals surface area contributed by atoms with E-state index in [0.29, 0.717) is 29.3 Å². The number of carbonyl (C=O) groups is 1. The standard InChI is InChI=1S/C24H28N4O3/c1-17(2)14-15-31-21-12-10-19(11-13-21)23(29)26-25-16-22-18(3)24(30)28(27(22)4)20-8-6-5-7-9-20/h5-13,16-17H,14-15H2,1-4H3,(H,26,29)/b25-16-. The lowest BCUT2D eigenvalue weighted by molar-refractivity contribution is 0.0955. The molecule has 1 heterocycles. The van der Waals surface area contributed by atoms with Gasteiger partial charge in [0.2, 0.25) is 0 Å². The van der Waals surface area contributed by atoms with E-state index < -0.39 is 0 Å². The summed E-state index contributed by atoms with van der Waals surface area (Å²) in [4.78, 5) is 25.0. The maximum absolute atomic E-state index is 12.7. The number of ether oxygens (including phenoxy) is 1. The minimum Gasteiger partial charge on any atom is -0.494 e. The van der Waals surface area contributed by atoms with E-state index in [2.05, 4.69) is 24.4 Å². The maximum Gasteiger partial charge on any atom is 0.274 e. The van der Waals surface area contributed by atoms with Crippen LogP contribution in [0.3, 0.4) is 0 Å². The molecular weight excluding hydrogens is 392 g/mol. The fourth-order valence-corrected chi connectivity index (χ4v) is 3.13. The monoisotopic (exact) mass is 420 g/mol. The summed E-state index contributed by atoms with van der Waals surface area (Å²) in [6.07, 6.45) is 2.46. The van der Waals surface area contributed by atoms with Crippen molar-refractivity contribution >= 4 is 12.1 Å². The molecule has 0 spiro atoms. The Morgan fingerprint density at radius 3 is 2.45 bits per heavy atom. The Bertz CT molecular complexity index is 1110. The highest BCUT2D eigenvalue weighted by Gasteiger charge is 2.14. The van der Waals surface area contributed by atoms with Gasteiger partial charge in [-0.3, -0.25) is 14.3 Å². The van der Waals surface area contributed by atoms with E-state index in [0.717, 1.165) is 17.9 Å². The van der Waals surface area contributed by atoms with Gasteiger partial charge in [-0.2, -0.15) is 5.10 Å². The zero-order valence-corrected chi connectivity index (χ0v) is 18.3. The van der Waals surface area contributed by atoms with Crippen molar-refractivity contribution in [2.24, 2.45) is 18.1 Å². The molecule has 0 aliphatic carbocycles. The van der Waals surface area contributed by atoms with Crippen LogP contribution in [0.5, 0.6) is 5.75 Å². The average molecular weight is 421 g/mol. The van der Waals surface area contributed by atoms with Crippen molar-refractivity contribution in [3.63, 3.8) is 0 Å². The summed E-state index contributed by atoms with van der Waals surface area (Å²) in [6.45, 7) is 6.68.